The van der Waals surface area contributed by atoms with Crippen molar-refractivity contribution in [2.75, 3.05) is 0 Å². The molecule has 0 radical (unpaired) electrons. The first-order valence-electron chi connectivity index (χ1n) is 8.40. The van der Waals surface area contributed by atoms with E-state index in [1.54, 1.807) is 23.6 Å². The molecule has 0 amide bonds. The van der Waals surface area contributed by atoms with Gasteiger partial charge in [-0.3, -0.25) is 10.1 Å². The van der Waals surface area contributed by atoms with E-state index in [1.807, 2.05) is 12.1 Å². The summed E-state index contributed by atoms with van der Waals surface area (Å²) in [6.45, 7) is 4.27. The molecular formula is C21H17N3O2S. The van der Waals surface area contributed by atoms with E-state index in [0.717, 1.165) is 5.56 Å². The molecule has 3 aromatic rings. The second-order valence-corrected chi connectivity index (χ2v) is 7.19. The fourth-order valence-corrected chi connectivity index (χ4v) is 3.39. The van der Waals surface area contributed by atoms with E-state index in [-0.39, 0.29) is 5.69 Å². The molecule has 6 heteroatoms. The van der Waals surface area contributed by atoms with Gasteiger partial charge in [0, 0.05) is 23.1 Å². The van der Waals surface area contributed by atoms with Crippen LogP contribution in [0.2, 0.25) is 0 Å². The highest BCUT2D eigenvalue weighted by Crippen LogP contribution is 2.29. The van der Waals surface area contributed by atoms with E-state index in [1.165, 1.54) is 29.0 Å². The molecule has 3 rings (SSSR count). The van der Waals surface area contributed by atoms with Crippen LogP contribution in [0, 0.1) is 21.4 Å². The topological polar surface area (TPSA) is 79.8 Å². The number of nitro groups is 1. The number of allylic oxidation sites excluding steroid dienone is 1. The number of nitrogens with zero attached hydrogens (tertiary/aromatic N) is 3. The zero-order valence-electron chi connectivity index (χ0n) is 14.9. The molecule has 0 N–H and O–H groups in total. The molecule has 2 aromatic carbocycles. The Hall–Kier alpha value is -3.30. The molecule has 1 heterocycles. The number of hydrogen-bond donors (Lipinski definition) is 0. The first-order chi connectivity index (χ1) is 13.0. The Balaban J connectivity index is 1.90. The summed E-state index contributed by atoms with van der Waals surface area (Å²) in [4.78, 5) is 15.0. The van der Waals surface area contributed by atoms with Gasteiger partial charge in [0.25, 0.3) is 5.69 Å². The Labute approximate surface area is 161 Å². The number of thiazole rings is 1. The van der Waals surface area contributed by atoms with Crippen molar-refractivity contribution >= 4 is 28.7 Å². The summed E-state index contributed by atoms with van der Waals surface area (Å²) in [5.41, 5.74) is 3.94. The van der Waals surface area contributed by atoms with Crippen LogP contribution < -0.4 is 0 Å². The summed E-state index contributed by atoms with van der Waals surface area (Å²) in [7, 11) is 0. The molecular weight excluding hydrogens is 358 g/mol. The summed E-state index contributed by atoms with van der Waals surface area (Å²) in [5, 5.41) is 22.9. The second-order valence-electron chi connectivity index (χ2n) is 6.34. The molecule has 5 nitrogen and oxygen atoms in total. The largest absolute Gasteiger partial charge is 0.270 e. The molecule has 0 unspecified atom stereocenters. The van der Waals surface area contributed by atoms with Crippen molar-refractivity contribution in [3.8, 4) is 17.3 Å². The molecule has 0 saturated carbocycles. The third-order valence-electron chi connectivity index (χ3n) is 4.12. The van der Waals surface area contributed by atoms with Crippen molar-refractivity contribution < 1.29 is 4.92 Å². The summed E-state index contributed by atoms with van der Waals surface area (Å²) >= 11 is 1.35. The molecule has 1 aromatic heterocycles. The molecule has 0 saturated heterocycles. The van der Waals surface area contributed by atoms with Gasteiger partial charge in [-0.05, 0) is 23.1 Å². The predicted molar refractivity (Wildman–Crippen MR) is 108 cm³/mol. The van der Waals surface area contributed by atoms with E-state index in [2.05, 4.69) is 37.0 Å². The molecule has 0 aliphatic carbocycles. The number of nitro benzene ring substituents is 1. The lowest BCUT2D eigenvalue weighted by atomic mass is 10.0. The molecule has 0 bridgehead atoms. The molecule has 0 spiro atoms. The van der Waals surface area contributed by atoms with Gasteiger partial charge in [0.15, 0.2) is 0 Å². The number of non-ortho nitro benzene ring substituents is 1. The Morgan fingerprint density at radius 3 is 2.63 bits per heavy atom. The van der Waals surface area contributed by atoms with Crippen molar-refractivity contribution in [2.45, 2.75) is 19.8 Å². The Morgan fingerprint density at radius 1 is 1.26 bits per heavy atom. The summed E-state index contributed by atoms with van der Waals surface area (Å²) in [5.74, 6) is 0.454. The van der Waals surface area contributed by atoms with Crippen LogP contribution in [0.15, 0.2) is 53.9 Å². The van der Waals surface area contributed by atoms with Crippen LogP contribution in [0.3, 0.4) is 0 Å². The monoisotopic (exact) mass is 375 g/mol. The van der Waals surface area contributed by atoms with Gasteiger partial charge < -0.3 is 0 Å². The zero-order chi connectivity index (χ0) is 19.4. The minimum atomic E-state index is -0.432. The van der Waals surface area contributed by atoms with Gasteiger partial charge in [0.1, 0.15) is 11.1 Å². The highest BCUT2D eigenvalue weighted by Gasteiger charge is 2.12. The van der Waals surface area contributed by atoms with Crippen molar-refractivity contribution in [3.63, 3.8) is 0 Å². The molecule has 134 valence electrons. The van der Waals surface area contributed by atoms with Gasteiger partial charge in [-0.15, -0.1) is 11.3 Å². The third-order valence-corrected chi connectivity index (χ3v) is 5.00. The SMILES string of the molecule is CC(C)c1ccc(/C=C(/C#N)c2nc(-c3cccc([N+](=O)[O-])c3)cs2)cc1. The average molecular weight is 375 g/mol. The normalized spacial score (nSPS) is 11.4. The predicted octanol–water partition coefficient (Wildman–Crippen LogP) is 5.91. The molecule has 0 atom stereocenters. The minimum Gasteiger partial charge on any atom is -0.258 e. The number of hydrogen-bond acceptors (Lipinski definition) is 5. The van der Waals surface area contributed by atoms with Gasteiger partial charge in [-0.2, -0.15) is 5.26 Å². The van der Waals surface area contributed by atoms with E-state index < -0.39 is 4.92 Å². The maximum atomic E-state index is 10.9. The smallest absolute Gasteiger partial charge is 0.258 e. The van der Waals surface area contributed by atoms with Crippen LogP contribution in [0.4, 0.5) is 5.69 Å². The van der Waals surface area contributed by atoms with Crippen LogP contribution in [0.5, 0.6) is 0 Å². The highest BCUT2D eigenvalue weighted by molar-refractivity contribution is 7.11. The maximum Gasteiger partial charge on any atom is 0.270 e. The molecule has 0 fully saturated rings. The summed E-state index contributed by atoms with van der Waals surface area (Å²) < 4.78 is 0. The quantitative estimate of drug-likeness (QED) is 0.315. The Morgan fingerprint density at radius 2 is 2.00 bits per heavy atom. The minimum absolute atomic E-state index is 0.0170. The van der Waals surface area contributed by atoms with Crippen molar-refractivity contribution in [1.82, 2.24) is 4.98 Å². The first kappa shape index (κ1) is 18.5. The first-order valence-corrected chi connectivity index (χ1v) is 9.28. The highest BCUT2D eigenvalue weighted by atomic mass is 32.1. The second kappa shape index (κ2) is 7.94. The van der Waals surface area contributed by atoms with Gasteiger partial charge >= 0.3 is 0 Å². The van der Waals surface area contributed by atoms with E-state index in [9.17, 15) is 15.4 Å². The molecule has 0 aliphatic heterocycles. The van der Waals surface area contributed by atoms with Crippen LogP contribution in [-0.2, 0) is 0 Å². The van der Waals surface area contributed by atoms with Gasteiger partial charge in [-0.1, -0.05) is 50.2 Å². The lowest BCUT2D eigenvalue weighted by Crippen LogP contribution is -1.88. The van der Waals surface area contributed by atoms with E-state index in [4.69, 9.17) is 0 Å². The summed E-state index contributed by atoms with van der Waals surface area (Å²) in [6.07, 6.45) is 1.81. The Bertz CT molecular complexity index is 1040. The Kier molecular flexibility index (Phi) is 5.43. The lowest BCUT2D eigenvalue weighted by molar-refractivity contribution is -0.384. The van der Waals surface area contributed by atoms with Crippen molar-refractivity contribution in [3.05, 3.63) is 80.2 Å². The number of nitriles is 1. The van der Waals surface area contributed by atoms with Gasteiger partial charge in [0.05, 0.1) is 16.2 Å². The molecule has 27 heavy (non-hydrogen) atoms. The summed E-state index contributed by atoms with van der Waals surface area (Å²) in [6, 6.07) is 16.6. The van der Waals surface area contributed by atoms with Crippen molar-refractivity contribution in [1.29, 1.82) is 5.26 Å². The van der Waals surface area contributed by atoms with Gasteiger partial charge in [0.2, 0.25) is 0 Å². The zero-order valence-corrected chi connectivity index (χ0v) is 15.7. The van der Waals surface area contributed by atoms with E-state index >= 15 is 0 Å². The van der Waals surface area contributed by atoms with Crippen molar-refractivity contribution in [2.24, 2.45) is 0 Å². The van der Waals surface area contributed by atoms with E-state index in [0.29, 0.717) is 27.8 Å². The van der Waals surface area contributed by atoms with Crippen LogP contribution in [0.25, 0.3) is 22.9 Å². The standard InChI is InChI=1S/C21H17N3O2S/c1-14(2)16-8-6-15(7-9-16)10-18(12-22)21-23-20(13-27-21)17-4-3-5-19(11-17)24(25)26/h3-11,13-14H,1-2H3/b18-10-. The van der Waals surface area contributed by atoms with Crippen LogP contribution >= 0.6 is 11.3 Å². The van der Waals surface area contributed by atoms with Gasteiger partial charge in [-0.25, -0.2) is 4.98 Å². The average Bonchev–Trinajstić information content (AvgIpc) is 3.16. The third kappa shape index (κ3) is 4.27. The number of aromatic nitrogens is 1. The number of rotatable bonds is 5. The maximum absolute atomic E-state index is 10.9. The fourth-order valence-electron chi connectivity index (χ4n) is 2.59. The number of benzene rings is 2. The fraction of sp³-hybridized carbons (Fsp3) is 0.143. The van der Waals surface area contributed by atoms with Crippen LogP contribution in [0.1, 0.15) is 35.9 Å². The van der Waals surface area contributed by atoms with Crippen LogP contribution in [-0.4, -0.2) is 9.91 Å². The lowest BCUT2D eigenvalue weighted by Gasteiger charge is -2.04. The molecule has 0 aliphatic rings.